The number of carbonyl (C=O) groups is 1. The van der Waals surface area contributed by atoms with Gasteiger partial charge in [0.05, 0.1) is 12.0 Å². The van der Waals surface area contributed by atoms with Crippen LogP contribution in [-0.2, 0) is 9.53 Å². The average Bonchev–Trinajstić information content (AvgIpc) is 2.25. The topological polar surface area (TPSA) is 64.3 Å². The summed E-state index contributed by atoms with van der Waals surface area (Å²) in [6.07, 6.45) is 2.07. The molecule has 0 aromatic rings. The molecule has 4 nitrogen and oxygen atoms in total. The Bertz CT molecular complexity index is 223. The highest BCUT2D eigenvalue weighted by molar-refractivity contribution is 5.77. The first kappa shape index (κ1) is 15.4. The number of amides is 1. The van der Waals surface area contributed by atoms with Gasteiger partial charge in [-0.3, -0.25) is 4.79 Å². The Balaban J connectivity index is 4.08. The quantitative estimate of drug-likeness (QED) is 0.695. The molecule has 0 atom stereocenters. The molecule has 0 aliphatic heterocycles. The monoisotopic (exact) mass is 230 g/mol. The highest BCUT2D eigenvalue weighted by atomic mass is 16.5. The average molecular weight is 230 g/mol. The van der Waals surface area contributed by atoms with Crippen LogP contribution in [0.15, 0.2) is 0 Å². The van der Waals surface area contributed by atoms with Crippen LogP contribution in [0.5, 0.6) is 0 Å². The van der Waals surface area contributed by atoms with Gasteiger partial charge in [0, 0.05) is 19.2 Å². The first-order valence-electron chi connectivity index (χ1n) is 5.89. The number of ether oxygens (including phenoxy) is 1. The van der Waals surface area contributed by atoms with Gasteiger partial charge in [-0.25, -0.2) is 0 Å². The molecule has 0 aromatic heterocycles. The van der Waals surface area contributed by atoms with E-state index < -0.39 is 5.60 Å². The zero-order valence-corrected chi connectivity index (χ0v) is 11.2. The largest absolute Gasteiger partial charge is 0.378 e. The maximum atomic E-state index is 11.6. The molecule has 0 bridgehead atoms. The van der Waals surface area contributed by atoms with E-state index >= 15 is 0 Å². The molecular formula is C12H26N2O2. The molecule has 0 rings (SSSR count). The summed E-state index contributed by atoms with van der Waals surface area (Å²) in [5, 5.41) is 2.87. The summed E-state index contributed by atoms with van der Waals surface area (Å²) >= 11 is 0. The first-order valence-corrected chi connectivity index (χ1v) is 5.89. The van der Waals surface area contributed by atoms with Gasteiger partial charge in [0.15, 0.2) is 0 Å². The SMILES string of the molecule is CCC(N)(CC)CNC(=O)CC(C)(C)OC. The van der Waals surface area contributed by atoms with E-state index in [1.54, 1.807) is 7.11 Å². The Kier molecular flexibility index (Phi) is 5.97. The molecule has 0 unspecified atom stereocenters. The van der Waals surface area contributed by atoms with Gasteiger partial charge >= 0.3 is 0 Å². The number of nitrogens with one attached hydrogen (secondary N) is 1. The molecule has 0 aromatic carbocycles. The summed E-state index contributed by atoms with van der Waals surface area (Å²) in [5.74, 6) is -0.0106. The molecule has 0 aliphatic carbocycles. The molecule has 0 fully saturated rings. The van der Waals surface area contributed by atoms with E-state index in [0.717, 1.165) is 12.8 Å². The highest BCUT2D eigenvalue weighted by Gasteiger charge is 2.24. The van der Waals surface area contributed by atoms with E-state index in [0.29, 0.717) is 13.0 Å². The van der Waals surface area contributed by atoms with Gasteiger partial charge in [-0.15, -0.1) is 0 Å². The zero-order chi connectivity index (χ0) is 12.8. The lowest BCUT2D eigenvalue weighted by Crippen LogP contribution is -2.50. The van der Waals surface area contributed by atoms with Crippen molar-refractivity contribution in [3.8, 4) is 0 Å². The Labute approximate surface area is 98.9 Å². The summed E-state index contributed by atoms with van der Waals surface area (Å²) in [7, 11) is 1.61. The van der Waals surface area contributed by atoms with Crippen LogP contribution in [0.25, 0.3) is 0 Å². The Morgan fingerprint density at radius 1 is 1.31 bits per heavy atom. The minimum absolute atomic E-state index is 0.0106. The molecule has 16 heavy (non-hydrogen) atoms. The number of carbonyl (C=O) groups excluding carboxylic acids is 1. The fraction of sp³-hybridized carbons (Fsp3) is 0.917. The van der Waals surface area contributed by atoms with Crippen LogP contribution >= 0.6 is 0 Å². The summed E-state index contributed by atoms with van der Waals surface area (Å²) in [4.78, 5) is 11.6. The molecule has 0 aliphatic rings. The first-order chi connectivity index (χ1) is 7.28. The van der Waals surface area contributed by atoms with Crippen molar-refractivity contribution in [2.24, 2.45) is 5.73 Å². The van der Waals surface area contributed by atoms with Crippen LogP contribution in [0.2, 0.25) is 0 Å². The summed E-state index contributed by atoms with van der Waals surface area (Å²) in [6.45, 7) is 8.38. The third kappa shape index (κ3) is 5.47. The maximum Gasteiger partial charge on any atom is 0.222 e. The fourth-order valence-corrected chi connectivity index (χ4v) is 1.30. The van der Waals surface area contributed by atoms with Crippen molar-refractivity contribution >= 4 is 5.91 Å². The van der Waals surface area contributed by atoms with Gasteiger partial charge in [-0.1, -0.05) is 13.8 Å². The van der Waals surface area contributed by atoms with Crippen molar-refractivity contribution in [2.75, 3.05) is 13.7 Å². The van der Waals surface area contributed by atoms with Gasteiger partial charge in [0.1, 0.15) is 0 Å². The molecular weight excluding hydrogens is 204 g/mol. The molecule has 1 amide bonds. The van der Waals surface area contributed by atoms with E-state index in [-0.39, 0.29) is 11.4 Å². The molecule has 4 heteroatoms. The minimum atomic E-state index is -0.417. The van der Waals surface area contributed by atoms with Gasteiger partial charge in [-0.2, -0.15) is 0 Å². The van der Waals surface area contributed by atoms with Crippen molar-refractivity contribution in [2.45, 2.75) is 58.1 Å². The van der Waals surface area contributed by atoms with Gasteiger partial charge < -0.3 is 15.8 Å². The molecule has 0 heterocycles. The maximum absolute atomic E-state index is 11.6. The van der Waals surface area contributed by atoms with Gasteiger partial charge in [0.2, 0.25) is 5.91 Å². The number of hydrogen-bond donors (Lipinski definition) is 2. The molecule has 0 saturated carbocycles. The number of methoxy groups -OCH3 is 1. The summed E-state index contributed by atoms with van der Waals surface area (Å²) in [6, 6.07) is 0. The predicted molar refractivity (Wildman–Crippen MR) is 66.2 cm³/mol. The Hall–Kier alpha value is -0.610. The van der Waals surface area contributed by atoms with E-state index in [4.69, 9.17) is 10.5 Å². The third-order valence-electron chi connectivity index (χ3n) is 3.18. The lowest BCUT2D eigenvalue weighted by atomic mass is 9.94. The van der Waals surface area contributed by atoms with Crippen LogP contribution in [-0.4, -0.2) is 30.7 Å². The lowest BCUT2D eigenvalue weighted by molar-refractivity contribution is -0.126. The van der Waals surface area contributed by atoms with Crippen LogP contribution in [0.4, 0.5) is 0 Å². The summed E-state index contributed by atoms with van der Waals surface area (Å²) < 4.78 is 5.20. The van der Waals surface area contributed by atoms with Crippen LogP contribution < -0.4 is 11.1 Å². The van der Waals surface area contributed by atoms with Crippen molar-refractivity contribution < 1.29 is 9.53 Å². The normalized spacial score (nSPS) is 12.6. The molecule has 96 valence electrons. The van der Waals surface area contributed by atoms with Gasteiger partial charge in [-0.05, 0) is 26.7 Å². The molecule has 0 saturated heterocycles. The predicted octanol–water partition coefficient (Wildman–Crippen LogP) is 1.44. The van der Waals surface area contributed by atoms with E-state index in [1.807, 2.05) is 27.7 Å². The van der Waals surface area contributed by atoms with Crippen molar-refractivity contribution in [1.29, 1.82) is 0 Å². The van der Waals surface area contributed by atoms with Crippen molar-refractivity contribution in [3.05, 3.63) is 0 Å². The molecule has 0 radical (unpaired) electrons. The van der Waals surface area contributed by atoms with Crippen LogP contribution in [0.1, 0.15) is 47.0 Å². The number of rotatable bonds is 7. The fourth-order valence-electron chi connectivity index (χ4n) is 1.30. The van der Waals surface area contributed by atoms with Crippen molar-refractivity contribution in [3.63, 3.8) is 0 Å². The second-order valence-electron chi connectivity index (χ2n) is 4.99. The van der Waals surface area contributed by atoms with Crippen molar-refractivity contribution in [1.82, 2.24) is 5.32 Å². The summed E-state index contributed by atoms with van der Waals surface area (Å²) in [5.41, 5.74) is 5.39. The van der Waals surface area contributed by atoms with E-state index in [1.165, 1.54) is 0 Å². The second-order valence-corrected chi connectivity index (χ2v) is 4.99. The standard InChI is InChI=1S/C12H26N2O2/c1-6-12(13,7-2)9-14-10(15)8-11(3,4)16-5/h6-9,13H2,1-5H3,(H,14,15). The number of hydrogen-bond acceptors (Lipinski definition) is 3. The minimum Gasteiger partial charge on any atom is -0.378 e. The van der Waals surface area contributed by atoms with Gasteiger partial charge in [0.25, 0.3) is 0 Å². The van der Waals surface area contributed by atoms with Crippen LogP contribution in [0.3, 0.4) is 0 Å². The second kappa shape index (κ2) is 6.21. The molecule has 3 N–H and O–H groups in total. The smallest absolute Gasteiger partial charge is 0.222 e. The lowest BCUT2D eigenvalue weighted by Gasteiger charge is -2.28. The highest BCUT2D eigenvalue weighted by Crippen LogP contribution is 2.13. The third-order valence-corrected chi connectivity index (χ3v) is 3.18. The van der Waals surface area contributed by atoms with E-state index in [2.05, 4.69) is 5.32 Å². The van der Waals surface area contributed by atoms with E-state index in [9.17, 15) is 4.79 Å². The number of nitrogens with two attached hydrogens (primary N) is 1. The van der Waals surface area contributed by atoms with Crippen LogP contribution in [0, 0.1) is 0 Å². The zero-order valence-electron chi connectivity index (χ0n) is 11.2. The Morgan fingerprint density at radius 3 is 2.19 bits per heavy atom. The molecule has 0 spiro atoms. The Morgan fingerprint density at radius 2 is 1.81 bits per heavy atom.